The molecule has 0 saturated heterocycles. The van der Waals surface area contributed by atoms with Gasteiger partial charge in [0.2, 0.25) is 11.7 Å². The topological polar surface area (TPSA) is 110 Å². The molecular formula is C60H72N2O7. The summed E-state index contributed by atoms with van der Waals surface area (Å²) in [5.74, 6) is 0.987. The Hall–Kier alpha value is -5.48. The van der Waals surface area contributed by atoms with Crippen LogP contribution in [0.15, 0.2) is 133 Å². The van der Waals surface area contributed by atoms with Gasteiger partial charge in [0.05, 0.1) is 18.2 Å². The number of benzene rings is 5. The van der Waals surface area contributed by atoms with E-state index >= 15 is 4.79 Å². The molecule has 0 unspecified atom stereocenters. The van der Waals surface area contributed by atoms with E-state index in [1.165, 1.54) is 12.8 Å². The zero-order valence-corrected chi connectivity index (χ0v) is 41.0. The summed E-state index contributed by atoms with van der Waals surface area (Å²) < 4.78 is 21.7. The van der Waals surface area contributed by atoms with Crippen molar-refractivity contribution in [1.82, 2.24) is 4.90 Å². The van der Waals surface area contributed by atoms with Crippen molar-refractivity contribution in [3.63, 3.8) is 0 Å². The second-order valence-electron chi connectivity index (χ2n) is 20.9. The van der Waals surface area contributed by atoms with Gasteiger partial charge in [-0.3, -0.25) is 4.79 Å². The third-order valence-electron chi connectivity index (χ3n) is 15.2. The van der Waals surface area contributed by atoms with Crippen LogP contribution in [0.1, 0.15) is 121 Å². The Balaban J connectivity index is 1.25. The van der Waals surface area contributed by atoms with Crippen molar-refractivity contribution in [3.8, 4) is 17.2 Å². The normalized spacial score (nSPS) is 23.8. The monoisotopic (exact) mass is 933 g/mol. The predicted molar refractivity (Wildman–Crippen MR) is 276 cm³/mol. The maximum Gasteiger partial charge on any atom is 0.239 e. The standard InChI is InChI=1S/C60H72N2O7/c1-5-35-66-60-55(62(56(65)32-27-41-17-6-7-18-41)40-46-24-16-23-43-20-10-11-25-49(43)46)39-53(61-69-59(2,3)4)51-37-45(22-12-14-33-63)50(26-13-15-34-64)57(58(51)60)52-38-48(30-31-54(52)68-60)67-47-29-28-42-19-8-9-21-44(42)36-47/h5,8-11,16,19-21,23-25,28-31,36-38,41,45,50,55,57-58,63-64H,1,6-7,12-15,17-18,22,26-27,32-35,39-40H2,2-4H3/t45-,50+,55-,57+,58+,60+/m0/s1. The first-order chi connectivity index (χ1) is 33.6. The van der Waals surface area contributed by atoms with Gasteiger partial charge >= 0.3 is 0 Å². The molecule has 1 aliphatic heterocycles. The van der Waals surface area contributed by atoms with E-state index in [4.69, 9.17) is 24.2 Å². The Morgan fingerprint density at radius 2 is 1.55 bits per heavy atom. The lowest BCUT2D eigenvalue weighted by Crippen LogP contribution is -2.70. The summed E-state index contributed by atoms with van der Waals surface area (Å²) in [6.45, 7) is 11.0. The number of aliphatic hydroxyl groups is 2. The number of amides is 1. The molecule has 9 nitrogen and oxygen atoms in total. The summed E-state index contributed by atoms with van der Waals surface area (Å²) in [6, 6.07) is 34.8. The van der Waals surface area contributed by atoms with Crippen molar-refractivity contribution in [3.05, 3.63) is 139 Å². The van der Waals surface area contributed by atoms with E-state index in [1.54, 1.807) is 6.08 Å². The van der Waals surface area contributed by atoms with E-state index in [-0.39, 0.29) is 43.5 Å². The lowest BCUT2D eigenvalue weighted by molar-refractivity contribution is -0.258. The SMILES string of the molecule is C=CCO[C@@]12Oc3ccc(Oc4ccc5ccccc5c4)cc3[C@H]3[C@H](CCCCO)[C@@H](CCCCO)C=C(C(=NOC(C)(C)C)C[C@@H]1N(Cc1cccc4ccccc14)C(=O)CCC1CCCC1)[C@H]32. The van der Waals surface area contributed by atoms with Gasteiger partial charge in [0.1, 0.15) is 28.9 Å². The van der Waals surface area contributed by atoms with Gasteiger partial charge in [0, 0.05) is 44.1 Å². The number of fused-ring (bicyclic) bond motifs is 4. The van der Waals surface area contributed by atoms with Gasteiger partial charge in [-0.05, 0) is 134 Å². The smallest absolute Gasteiger partial charge is 0.239 e. The molecule has 0 aromatic heterocycles. The number of ether oxygens (including phenoxy) is 3. The average Bonchev–Trinajstić information content (AvgIpc) is 3.89. The van der Waals surface area contributed by atoms with E-state index in [2.05, 4.69) is 90.4 Å². The number of unbranched alkanes of at least 4 members (excludes halogenated alkanes) is 2. The molecule has 364 valence electrons. The summed E-state index contributed by atoms with van der Waals surface area (Å²) in [5, 5.41) is 29.8. The quantitative estimate of drug-likeness (QED) is 0.0454. The lowest BCUT2D eigenvalue weighted by Gasteiger charge is -2.60. The molecule has 2 N–H and O–H groups in total. The van der Waals surface area contributed by atoms with Crippen molar-refractivity contribution in [2.24, 2.45) is 28.8 Å². The summed E-state index contributed by atoms with van der Waals surface area (Å²) in [5.41, 5.74) is 3.32. The van der Waals surface area contributed by atoms with Gasteiger partial charge < -0.3 is 34.2 Å². The van der Waals surface area contributed by atoms with Crippen LogP contribution in [0.4, 0.5) is 0 Å². The first kappa shape index (κ1) is 48.5. The summed E-state index contributed by atoms with van der Waals surface area (Å²) in [7, 11) is 0. The molecule has 5 aromatic carbocycles. The van der Waals surface area contributed by atoms with Crippen LogP contribution in [-0.2, 0) is 20.9 Å². The van der Waals surface area contributed by atoms with Gasteiger partial charge in [0.25, 0.3) is 0 Å². The van der Waals surface area contributed by atoms with Crippen molar-refractivity contribution in [2.45, 2.75) is 134 Å². The van der Waals surface area contributed by atoms with E-state index < -0.39 is 23.3 Å². The number of rotatable bonds is 20. The fourth-order valence-corrected chi connectivity index (χ4v) is 12.0. The van der Waals surface area contributed by atoms with Crippen LogP contribution in [0.3, 0.4) is 0 Å². The third kappa shape index (κ3) is 10.7. The van der Waals surface area contributed by atoms with Gasteiger partial charge in [-0.25, -0.2) is 0 Å². The number of aliphatic hydroxyl groups excluding tert-OH is 2. The maximum absolute atomic E-state index is 15.5. The van der Waals surface area contributed by atoms with Gasteiger partial charge in [-0.1, -0.05) is 129 Å². The minimum Gasteiger partial charge on any atom is -0.459 e. The van der Waals surface area contributed by atoms with Gasteiger partial charge in [-0.15, -0.1) is 6.58 Å². The van der Waals surface area contributed by atoms with Crippen LogP contribution in [-0.4, -0.2) is 64.0 Å². The molecule has 0 radical (unpaired) electrons. The first-order valence-corrected chi connectivity index (χ1v) is 25.8. The second-order valence-corrected chi connectivity index (χ2v) is 20.9. The molecule has 0 bridgehead atoms. The molecule has 4 aliphatic rings. The van der Waals surface area contributed by atoms with E-state index in [0.29, 0.717) is 49.6 Å². The second kappa shape index (κ2) is 21.7. The average molecular weight is 933 g/mol. The van der Waals surface area contributed by atoms with Crippen LogP contribution in [0.2, 0.25) is 0 Å². The largest absolute Gasteiger partial charge is 0.459 e. The minimum atomic E-state index is -1.36. The molecule has 9 heteroatoms. The van der Waals surface area contributed by atoms with Crippen molar-refractivity contribution in [2.75, 3.05) is 19.8 Å². The molecule has 0 spiro atoms. The number of hydrogen-bond donors (Lipinski definition) is 2. The number of nitrogens with zero attached hydrogens (tertiary/aromatic N) is 2. The van der Waals surface area contributed by atoms with Crippen LogP contribution < -0.4 is 9.47 Å². The van der Waals surface area contributed by atoms with Crippen LogP contribution in [0.25, 0.3) is 21.5 Å². The Kier molecular flexibility index (Phi) is 15.2. The highest BCUT2D eigenvalue weighted by Gasteiger charge is 2.65. The molecule has 9 rings (SSSR count). The number of hydrogen-bond acceptors (Lipinski definition) is 8. The summed E-state index contributed by atoms with van der Waals surface area (Å²) in [6.07, 6.45) is 15.4. The Morgan fingerprint density at radius 3 is 2.32 bits per heavy atom. The zero-order chi connectivity index (χ0) is 48.0. The van der Waals surface area contributed by atoms with Gasteiger partial charge in [0.15, 0.2) is 0 Å². The molecule has 69 heavy (non-hydrogen) atoms. The first-order valence-electron chi connectivity index (χ1n) is 25.8. The van der Waals surface area contributed by atoms with Crippen LogP contribution in [0, 0.1) is 23.7 Å². The van der Waals surface area contributed by atoms with Crippen molar-refractivity contribution >= 4 is 33.2 Å². The number of carbonyl (C=O) groups excluding carboxylic acids is 1. The molecule has 5 aromatic rings. The highest BCUT2D eigenvalue weighted by molar-refractivity contribution is 6.03. The molecule has 3 aliphatic carbocycles. The molecular weight excluding hydrogens is 861 g/mol. The van der Waals surface area contributed by atoms with E-state index in [0.717, 1.165) is 94.7 Å². The molecule has 2 fully saturated rings. The number of oxime groups is 1. The predicted octanol–water partition coefficient (Wildman–Crippen LogP) is 13.2. The Bertz CT molecular complexity index is 2640. The zero-order valence-electron chi connectivity index (χ0n) is 41.0. The Labute approximate surface area is 409 Å². The molecule has 1 amide bonds. The number of allylic oxidation sites excluding steroid dienone is 1. The van der Waals surface area contributed by atoms with E-state index in [1.807, 2.05) is 51.1 Å². The third-order valence-corrected chi connectivity index (χ3v) is 15.2. The van der Waals surface area contributed by atoms with Crippen molar-refractivity contribution < 1.29 is 34.1 Å². The highest BCUT2D eigenvalue weighted by Crippen LogP contribution is 2.62. The summed E-state index contributed by atoms with van der Waals surface area (Å²) >= 11 is 0. The molecule has 2 saturated carbocycles. The summed E-state index contributed by atoms with van der Waals surface area (Å²) in [4.78, 5) is 24.0. The molecule has 6 atom stereocenters. The molecule has 1 heterocycles. The number of carbonyl (C=O) groups is 1. The minimum absolute atomic E-state index is 0.0761. The lowest BCUT2D eigenvalue weighted by atomic mass is 9.55. The highest BCUT2D eigenvalue weighted by atomic mass is 16.7. The Morgan fingerprint density at radius 1 is 0.841 bits per heavy atom. The van der Waals surface area contributed by atoms with Crippen LogP contribution >= 0.6 is 0 Å². The van der Waals surface area contributed by atoms with Crippen molar-refractivity contribution in [1.29, 1.82) is 0 Å². The fourth-order valence-electron chi connectivity index (χ4n) is 12.0. The maximum atomic E-state index is 15.5. The van der Waals surface area contributed by atoms with Crippen LogP contribution in [0.5, 0.6) is 17.2 Å². The van der Waals surface area contributed by atoms with E-state index in [9.17, 15) is 10.2 Å². The fraction of sp³-hybridized carbons (Fsp3) is 0.467. The van der Waals surface area contributed by atoms with Gasteiger partial charge in [-0.2, -0.15) is 0 Å².